The van der Waals surface area contributed by atoms with Crippen LogP contribution in [0.1, 0.15) is 56.5 Å². The van der Waals surface area contributed by atoms with Gasteiger partial charge in [0, 0.05) is 11.5 Å². The summed E-state index contributed by atoms with van der Waals surface area (Å²) in [6.07, 6.45) is 1.88. The zero-order chi connectivity index (χ0) is 18.9. The van der Waals surface area contributed by atoms with Crippen molar-refractivity contribution in [3.8, 4) is 0 Å². The number of carbonyl (C=O) groups excluding carboxylic acids is 2. The van der Waals surface area contributed by atoms with Crippen molar-refractivity contribution in [1.82, 2.24) is 4.90 Å². The predicted molar refractivity (Wildman–Crippen MR) is 99.3 cm³/mol. The third kappa shape index (κ3) is 4.09. The van der Waals surface area contributed by atoms with Gasteiger partial charge in [-0.1, -0.05) is 25.1 Å². The van der Waals surface area contributed by atoms with Gasteiger partial charge >= 0.3 is 6.09 Å². The van der Waals surface area contributed by atoms with Gasteiger partial charge in [0.1, 0.15) is 5.60 Å². The third-order valence-electron chi connectivity index (χ3n) is 5.12. The van der Waals surface area contributed by atoms with E-state index in [1.165, 1.54) is 5.56 Å². The molecule has 0 aromatic heterocycles. The molecule has 0 spiro atoms. The first-order chi connectivity index (χ1) is 12.3. The highest BCUT2D eigenvalue weighted by molar-refractivity contribution is 5.98. The van der Waals surface area contributed by atoms with Crippen LogP contribution in [0.3, 0.4) is 0 Å². The quantitative estimate of drug-likeness (QED) is 0.769. The number of nitrogens with zero attached hydrogens (tertiary/aromatic N) is 1. The highest BCUT2D eigenvalue weighted by Gasteiger charge is 2.45. The minimum atomic E-state index is -0.528. The maximum absolute atomic E-state index is 13.0. The first-order valence-corrected chi connectivity index (χ1v) is 9.50. The number of ketones is 1. The summed E-state index contributed by atoms with van der Waals surface area (Å²) < 4.78 is 11.2. The summed E-state index contributed by atoms with van der Waals surface area (Å²) in [5.74, 6) is 0.112. The zero-order valence-electron chi connectivity index (χ0n) is 16.2. The monoisotopic (exact) mass is 359 g/mol. The smallest absolute Gasteiger partial charge is 0.410 e. The van der Waals surface area contributed by atoms with Crippen LogP contribution in [-0.2, 0) is 15.9 Å². The lowest BCUT2D eigenvalue weighted by atomic mass is 9.80. The second-order valence-electron chi connectivity index (χ2n) is 8.32. The molecule has 2 bridgehead atoms. The maximum Gasteiger partial charge on any atom is 0.410 e. The maximum atomic E-state index is 13.0. The number of carbonyl (C=O) groups is 2. The van der Waals surface area contributed by atoms with E-state index in [1.807, 2.05) is 45.0 Å². The van der Waals surface area contributed by atoms with Crippen molar-refractivity contribution in [2.75, 3.05) is 13.2 Å². The van der Waals surface area contributed by atoms with E-state index in [9.17, 15) is 9.59 Å². The van der Waals surface area contributed by atoms with Crippen LogP contribution in [0.5, 0.6) is 0 Å². The number of fused-ring (bicyclic) bond motifs is 2. The van der Waals surface area contributed by atoms with E-state index in [1.54, 1.807) is 4.90 Å². The molecule has 2 fully saturated rings. The van der Waals surface area contributed by atoms with E-state index in [0.717, 1.165) is 12.0 Å². The Hall–Kier alpha value is -1.88. The molecule has 2 aliphatic heterocycles. The van der Waals surface area contributed by atoms with E-state index < -0.39 is 5.60 Å². The molecule has 2 heterocycles. The third-order valence-corrected chi connectivity index (χ3v) is 5.12. The summed E-state index contributed by atoms with van der Waals surface area (Å²) in [4.78, 5) is 27.5. The highest BCUT2D eigenvalue weighted by atomic mass is 16.6. The van der Waals surface area contributed by atoms with Crippen molar-refractivity contribution in [3.05, 3.63) is 35.4 Å². The molecule has 26 heavy (non-hydrogen) atoms. The Bertz CT molecular complexity index is 665. The van der Waals surface area contributed by atoms with Crippen LogP contribution in [0.2, 0.25) is 0 Å². The lowest BCUT2D eigenvalue weighted by molar-refractivity contribution is -0.0861. The Morgan fingerprint density at radius 1 is 1.19 bits per heavy atom. The largest absolute Gasteiger partial charge is 0.444 e. The number of amides is 1. The Morgan fingerprint density at radius 2 is 1.85 bits per heavy atom. The number of piperidine rings is 1. The van der Waals surface area contributed by atoms with E-state index in [4.69, 9.17) is 9.47 Å². The molecule has 0 aliphatic carbocycles. The van der Waals surface area contributed by atoms with Crippen LogP contribution in [0.25, 0.3) is 0 Å². The molecule has 5 nitrogen and oxygen atoms in total. The van der Waals surface area contributed by atoms with Crippen molar-refractivity contribution < 1.29 is 19.1 Å². The topological polar surface area (TPSA) is 55.8 Å². The van der Waals surface area contributed by atoms with Gasteiger partial charge in [0.05, 0.1) is 25.3 Å². The average Bonchev–Trinajstić information content (AvgIpc) is 2.58. The van der Waals surface area contributed by atoms with Crippen molar-refractivity contribution in [3.63, 3.8) is 0 Å². The first-order valence-electron chi connectivity index (χ1n) is 9.50. The minimum absolute atomic E-state index is 0.0697. The average molecular weight is 359 g/mol. The number of hydrogen-bond acceptors (Lipinski definition) is 4. The predicted octanol–water partition coefficient (Wildman–Crippen LogP) is 3.85. The van der Waals surface area contributed by atoms with Crippen molar-refractivity contribution in [2.45, 2.75) is 64.6 Å². The summed E-state index contributed by atoms with van der Waals surface area (Å²) in [6, 6.07) is 7.69. The van der Waals surface area contributed by atoms with Crippen LogP contribution < -0.4 is 0 Å². The normalized spacial score (nSPS) is 25.7. The van der Waals surface area contributed by atoms with Gasteiger partial charge in [0.15, 0.2) is 5.78 Å². The molecule has 1 aromatic rings. The zero-order valence-corrected chi connectivity index (χ0v) is 16.2. The van der Waals surface area contributed by atoms with Crippen LogP contribution in [0.4, 0.5) is 4.79 Å². The fraction of sp³-hybridized carbons (Fsp3) is 0.619. The number of ether oxygens (including phenoxy) is 2. The number of Topliss-reactive ketones (excluding diaryl/α,β-unsaturated/α-hetero) is 1. The van der Waals surface area contributed by atoms with Crippen LogP contribution in [0, 0.1) is 5.92 Å². The first kappa shape index (κ1) is 18.9. The number of hydrogen-bond donors (Lipinski definition) is 0. The number of benzene rings is 1. The molecule has 0 saturated carbocycles. The van der Waals surface area contributed by atoms with Crippen LogP contribution in [-0.4, -0.2) is 47.7 Å². The highest BCUT2D eigenvalue weighted by Crippen LogP contribution is 2.34. The Kier molecular flexibility index (Phi) is 5.37. The molecule has 3 rings (SSSR count). The summed E-state index contributed by atoms with van der Waals surface area (Å²) in [6.45, 7) is 8.63. The Morgan fingerprint density at radius 3 is 2.42 bits per heavy atom. The fourth-order valence-corrected chi connectivity index (χ4v) is 3.92. The second-order valence-corrected chi connectivity index (χ2v) is 8.32. The molecular weight excluding hydrogens is 330 g/mol. The van der Waals surface area contributed by atoms with Gasteiger partial charge in [-0.3, -0.25) is 9.69 Å². The lowest BCUT2D eigenvalue weighted by Crippen LogP contribution is -2.60. The van der Waals surface area contributed by atoms with Gasteiger partial charge in [-0.2, -0.15) is 0 Å². The molecule has 2 unspecified atom stereocenters. The van der Waals surface area contributed by atoms with Crippen molar-refractivity contribution in [1.29, 1.82) is 0 Å². The molecule has 2 atom stereocenters. The summed E-state index contributed by atoms with van der Waals surface area (Å²) in [5, 5.41) is 0. The lowest BCUT2D eigenvalue weighted by Gasteiger charge is -2.47. The summed E-state index contributed by atoms with van der Waals surface area (Å²) in [7, 11) is 0. The molecule has 0 radical (unpaired) electrons. The van der Waals surface area contributed by atoms with E-state index >= 15 is 0 Å². The van der Waals surface area contributed by atoms with E-state index in [-0.39, 0.29) is 29.9 Å². The number of rotatable bonds is 3. The molecule has 2 aliphatic rings. The van der Waals surface area contributed by atoms with Gasteiger partial charge in [-0.05, 0) is 51.7 Å². The van der Waals surface area contributed by atoms with Crippen molar-refractivity contribution >= 4 is 11.9 Å². The van der Waals surface area contributed by atoms with Crippen LogP contribution >= 0.6 is 0 Å². The molecule has 1 aromatic carbocycles. The van der Waals surface area contributed by atoms with Gasteiger partial charge in [0.25, 0.3) is 0 Å². The summed E-state index contributed by atoms with van der Waals surface area (Å²) in [5.41, 5.74) is 1.42. The molecule has 1 amide bonds. The number of aryl methyl sites for hydroxylation is 1. The minimum Gasteiger partial charge on any atom is -0.444 e. The Labute approximate surface area is 155 Å². The van der Waals surface area contributed by atoms with E-state index in [0.29, 0.717) is 26.1 Å². The van der Waals surface area contributed by atoms with Gasteiger partial charge in [-0.15, -0.1) is 0 Å². The second kappa shape index (κ2) is 7.39. The molecule has 0 N–H and O–H groups in total. The SMILES string of the molecule is CCc1cccc(C(=O)C2CC3COCC(C2)N3C(=O)OC(C)(C)C)c1. The van der Waals surface area contributed by atoms with Gasteiger partial charge in [-0.25, -0.2) is 4.79 Å². The van der Waals surface area contributed by atoms with E-state index in [2.05, 4.69) is 6.92 Å². The molecule has 142 valence electrons. The summed E-state index contributed by atoms with van der Waals surface area (Å²) >= 11 is 0. The molecule has 5 heteroatoms. The number of morpholine rings is 1. The Balaban J connectivity index is 1.75. The van der Waals surface area contributed by atoms with Crippen LogP contribution in [0.15, 0.2) is 24.3 Å². The standard InChI is InChI=1S/C21H29NO4/c1-5-14-7-6-8-15(9-14)19(23)16-10-17-12-25-13-18(11-16)22(17)20(24)26-21(2,3)4/h6-9,16-18H,5,10-13H2,1-4H3. The van der Waals surface area contributed by atoms with Crippen molar-refractivity contribution in [2.24, 2.45) is 5.92 Å². The molecule has 2 saturated heterocycles. The van der Waals surface area contributed by atoms with Gasteiger partial charge < -0.3 is 9.47 Å². The van der Waals surface area contributed by atoms with Gasteiger partial charge in [0.2, 0.25) is 0 Å². The fourth-order valence-electron chi connectivity index (χ4n) is 3.92. The molecular formula is C21H29NO4.